The van der Waals surface area contributed by atoms with Gasteiger partial charge in [0, 0.05) is 4.47 Å². The predicted octanol–water partition coefficient (Wildman–Crippen LogP) is 2.65. The normalized spacial score (nSPS) is 11.1. The molecule has 0 radical (unpaired) electrons. The maximum atomic E-state index is 12.3. The van der Waals surface area contributed by atoms with Crippen molar-refractivity contribution in [2.24, 2.45) is 0 Å². The van der Waals surface area contributed by atoms with Crippen molar-refractivity contribution in [3.05, 3.63) is 52.1 Å². The van der Waals surface area contributed by atoms with Gasteiger partial charge >= 0.3 is 5.97 Å². The summed E-state index contributed by atoms with van der Waals surface area (Å²) in [5.41, 5.74) is 0.671. The number of nitrogens with zero attached hydrogens (tertiary/aromatic N) is 1. The first-order valence-electron chi connectivity index (χ1n) is 5.79. The number of aryl methyl sites for hydroxylation is 1. The van der Waals surface area contributed by atoms with Crippen molar-refractivity contribution in [3.63, 3.8) is 0 Å². The minimum absolute atomic E-state index is 0.0515. The molecule has 0 unspecified atom stereocenters. The van der Waals surface area contributed by atoms with Crippen molar-refractivity contribution in [1.29, 1.82) is 0 Å². The fourth-order valence-corrected chi connectivity index (χ4v) is 3.82. The molecule has 21 heavy (non-hydrogen) atoms. The third-order valence-electron chi connectivity index (χ3n) is 2.58. The molecule has 0 aliphatic carbocycles. The highest BCUT2D eigenvalue weighted by Gasteiger charge is 2.18. The second kappa shape index (κ2) is 5.82. The molecule has 1 aromatic carbocycles. The molecule has 1 heterocycles. The molecule has 0 saturated carbocycles. The van der Waals surface area contributed by atoms with E-state index >= 15 is 0 Å². The van der Waals surface area contributed by atoms with Gasteiger partial charge in [-0.2, -0.15) is 0 Å². The van der Waals surface area contributed by atoms with E-state index in [0.717, 1.165) is 5.56 Å². The molecule has 2 N–H and O–H groups in total. The van der Waals surface area contributed by atoms with Crippen LogP contribution < -0.4 is 4.72 Å². The third kappa shape index (κ3) is 3.59. The Labute approximate surface area is 130 Å². The van der Waals surface area contributed by atoms with Gasteiger partial charge in [-0.3, -0.25) is 4.72 Å². The SMILES string of the molecule is Cc1ccc(S(=O)(=O)Nc2cccc(C(=O)O)n2)c(Br)c1. The van der Waals surface area contributed by atoms with E-state index in [9.17, 15) is 13.2 Å². The number of hydrogen-bond acceptors (Lipinski definition) is 4. The summed E-state index contributed by atoms with van der Waals surface area (Å²) >= 11 is 3.20. The summed E-state index contributed by atoms with van der Waals surface area (Å²) in [6.45, 7) is 1.84. The average Bonchev–Trinajstić information content (AvgIpc) is 2.37. The number of halogens is 1. The highest BCUT2D eigenvalue weighted by atomic mass is 79.9. The summed E-state index contributed by atoms with van der Waals surface area (Å²) in [4.78, 5) is 14.6. The molecule has 0 aliphatic rings. The second-order valence-electron chi connectivity index (χ2n) is 4.25. The molecule has 0 spiro atoms. The number of hydrogen-bond donors (Lipinski definition) is 2. The van der Waals surface area contributed by atoms with Crippen LogP contribution in [-0.2, 0) is 10.0 Å². The first kappa shape index (κ1) is 15.5. The Morgan fingerprint density at radius 1 is 1.29 bits per heavy atom. The Hall–Kier alpha value is -1.93. The van der Waals surface area contributed by atoms with Crippen LogP contribution in [0.4, 0.5) is 5.82 Å². The van der Waals surface area contributed by atoms with Crippen LogP contribution in [0.1, 0.15) is 16.1 Å². The van der Waals surface area contributed by atoms with E-state index in [4.69, 9.17) is 5.11 Å². The van der Waals surface area contributed by atoms with E-state index < -0.39 is 16.0 Å². The topological polar surface area (TPSA) is 96.4 Å². The van der Waals surface area contributed by atoms with E-state index in [-0.39, 0.29) is 16.4 Å². The van der Waals surface area contributed by atoms with E-state index in [1.165, 1.54) is 24.3 Å². The van der Waals surface area contributed by atoms with Gasteiger partial charge in [-0.05, 0) is 52.7 Å². The molecule has 6 nitrogen and oxygen atoms in total. The fraction of sp³-hybridized carbons (Fsp3) is 0.0769. The highest BCUT2D eigenvalue weighted by Crippen LogP contribution is 2.24. The van der Waals surface area contributed by atoms with E-state index in [0.29, 0.717) is 4.47 Å². The number of aromatic nitrogens is 1. The third-order valence-corrected chi connectivity index (χ3v) is 4.92. The molecule has 0 amide bonds. The van der Waals surface area contributed by atoms with Gasteiger partial charge in [-0.1, -0.05) is 12.1 Å². The molecule has 0 bridgehead atoms. The molecule has 8 heteroatoms. The summed E-state index contributed by atoms with van der Waals surface area (Å²) in [6, 6.07) is 8.88. The van der Waals surface area contributed by atoms with Crippen molar-refractivity contribution < 1.29 is 18.3 Å². The van der Waals surface area contributed by atoms with Crippen molar-refractivity contribution >= 4 is 37.7 Å². The fourth-order valence-electron chi connectivity index (χ4n) is 1.63. The molecule has 1 aromatic heterocycles. The minimum Gasteiger partial charge on any atom is -0.477 e. The molecule has 0 atom stereocenters. The number of rotatable bonds is 4. The lowest BCUT2D eigenvalue weighted by Crippen LogP contribution is -2.15. The largest absolute Gasteiger partial charge is 0.477 e. The number of carbonyl (C=O) groups is 1. The Morgan fingerprint density at radius 2 is 2.00 bits per heavy atom. The van der Waals surface area contributed by atoms with Gasteiger partial charge in [0.2, 0.25) is 0 Å². The number of anilines is 1. The quantitative estimate of drug-likeness (QED) is 0.862. The molecule has 110 valence electrons. The highest BCUT2D eigenvalue weighted by molar-refractivity contribution is 9.10. The minimum atomic E-state index is -3.86. The van der Waals surface area contributed by atoms with Crippen molar-refractivity contribution in [3.8, 4) is 0 Å². The zero-order valence-electron chi connectivity index (χ0n) is 10.9. The van der Waals surface area contributed by atoms with Gasteiger partial charge in [-0.15, -0.1) is 0 Å². The number of carboxylic acids is 1. The molecule has 0 saturated heterocycles. The van der Waals surface area contributed by atoms with Gasteiger partial charge in [-0.25, -0.2) is 18.2 Å². The Bertz CT molecular complexity index is 806. The smallest absolute Gasteiger partial charge is 0.354 e. The number of carboxylic acid groups (broad SMARTS) is 1. The van der Waals surface area contributed by atoms with E-state index in [1.807, 2.05) is 6.92 Å². The lowest BCUT2D eigenvalue weighted by molar-refractivity contribution is 0.0690. The van der Waals surface area contributed by atoms with Gasteiger partial charge in [0.25, 0.3) is 10.0 Å². The van der Waals surface area contributed by atoms with Crippen LogP contribution in [0.25, 0.3) is 0 Å². The Morgan fingerprint density at radius 3 is 2.62 bits per heavy atom. The van der Waals surface area contributed by atoms with Crippen LogP contribution >= 0.6 is 15.9 Å². The standard InChI is InChI=1S/C13H11BrN2O4S/c1-8-5-6-11(9(14)7-8)21(19,20)16-12-4-2-3-10(15-12)13(17)18/h2-7H,1H3,(H,15,16)(H,17,18). The zero-order chi connectivity index (χ0) is 15.6. The monoisotopic (exact) mass is 370 g/mol. The van der Waals surface area contributed by atoms with Crippen molar-refractivity contribution in [2.75, 3.05) is 4.72 Å². The number of sulfonamides is 1. The Kier molecular flexibility index (Phi) is 4.29. The summed E-state index contributed by atoms with van der Waals surface area (Å²) in [7, 11) is -3.86. The summed E-state index contributed by atoms with van der Waals surface area (Å²) < 4.78 is 27.3. The van der Waals surface area contributed by atoms with Gasteiger partial charge in [0.1, 0.15) is 10.7 Å². The number of pyridine rings is 1. The second-order valence-corrected chi connectivity index (χ2v) is 6.76. The molecular formula is C13H11BrN2O4S. The maximum Gasteiger partial charge on any atom is 0.354 e. The first-order chi connectivity index (χ1) is 9.79. The van der Waals surface area contributed by atoms with Gasteiger partial charge in [0.15, 0.2) is 5.69 Å². The lowest BCUT2D eigenvalue weighted by Gasteiger charge is -2.09. The van der Waals surface area contributed by atoms with E-state index in [1.54, 1.807) is 12.1 Å². The Balaban J connectivity index is 2.37. The summed E-state index contributed by atoms with van der Waals surface area (Å²) in [6.07, 6.45) is 0. The molecule has 2 rings (SSSR count). The first-order valence-corrected chi connectivity index (χ1v) is 8.06. The molecule has 2 aromatic rings. The zero-order valence-corrected chi connectivity index (χ0v) is 13.3. The van der Waals surface area contributed by atoms with E-state index in [2.05, 4.69) is 25.6 Å². The van der Waals surface area contributed by atoms with Crippen LogP contribution in [0.3, 0.4) is 0 Å². The lowest BCUT2D eigenvalue weighted by atomic mass is 10.2. The van der Waals surface area contributed by atoms with Crippen molar-refractivity contribution in [1.82, 2.24) is 4.98 Å². The molecule has 0 aliphatic heterocycles. The van der Waals surface area contributed by atoms with Crippen LogP contribution in [0.5, 0.6) is 0 Å². The number of aromatic carboxylic acids is 1. The number of nitrogens with one attached hydrogen (secondary N) is 1. The predicted molar refractivity (Wildman–Crippen MR) is 80.9 cm³/mol. The summed E-state index contributed by atoms with van der Waals surface area (Å²) in [5.74, 6) is -1.28. The maximum absolute atomic E-state index is 12.3. The summed E-state index contributed by atoms with van der Waals surface area (Å²) in [5, 5.41) is 8.85. The average molecular weight is 371 g/mol. The van der Waals surface area contributed by atoms with Crippen molar-refractivity contribution in [2.45, 2.75) is 11.8 Å². The van der Waals surface area contributed by atoms with Crippen LogP contribution in [0.2, 0.25) is 0 Å². The van der Waals surface area contributed by atoms with Gasteiger partial charge in [0.05, 0.1) is 0 Å². The molecular weight excluding hydrogens is 360 g/mol. The number of benzene rings is 1. The van der Waals surface area contributed by atoms with Crippen LogP contribution in [0, 0.1) is 6.92 Å². The van der Waals surface area contributed by atoms with Gasteiger partial charge < -0.3 is 5.11 Å². The van der Waals surface area contributed by atoms with Crippen LogP contribution in [-0.4, -0.2) is 24.5 Å². The molecule has 0 fully saturated rings. The van der Waals surface area contributed by atoms with Crippen LogP contribution in [0.15, 0.2) is 45.8 Å².